The number of methoxy groups -OCH3 is 2. The number of ether oxygens (including phenoxy) is 3. The van der Waals surface area contributed by atoms with Gasteiger partial charge < -0.3 is 40.4 Å². The third kappa shape index (κ3) is 17.7. The Kier molecular flexibility index (Phi) is 25.4. The average Bonchev–Trinajstić information content (AvgIpc) is 3.84. The average molecular weight is 1010 g/mol. The number of hydrogen-bond donors (Lipinski definition) is 3. The van der Waals surface area contributed by atoms with Gasteiger partial charge in [0.15, 0.2) is 11.6 Å². The summed E-state index contributed by atoms with van der Waals surface area (Å²) in [7, 11) is 8.51. The first-order valence-electron chi connectivity index (χ1n) is 25.9. The third-order valence-corrected chi connectivity index (χ3v) is 14.8. The molecule has 402 valence electrons. The molecule has 0 radical (unpaired) electrons. The minimum Gasteiger partial charge on any atom is -0.379 e. The standard InChI is InChI=1S/C56H88N6O10/c1-15-36(6)52(61(12)56(69)43(34(2)3)30-46(63)39(9)60(10)11)49(70-13)31-50(66)62-27-19-22-45(62)53(71-14)38(8)55(68)59-44(29-40-20-17-16-18-21-40)48(65)33-72-32-41-23-25-42(26-24-41)58-54(67)37(7)28-47(64)51(57)35(4)5/h16-18,20-21,23-26,34-39,43-45,49,51-53H,15,19,22,27-33,57H2,1-14H3,(H,58,67)(H,59,68)/t36-,37-,38+,39-,43-,44-,45-,49+,51+,52-,53+/m0/s1. The van der Waals surface area contributed by atoms with E-state index in [9.17, 15) is 33.6 Å². The Morgan fingerprint density at radius 3 is 1.96 bits per heavy atom. The van der Waals surface area contributed by atoms with Gasteiger partial charge in [-0.15, -0.1) is 0 Å². The number of nitrogens with two attached hydrogens (primary N) is 1. The van der Waals surface area contributed by atoms with Crippen molar-refractivity contribution < 1.29 is 47.8 Å². The van der Waals surface area contributed by atoms with Gasteiger partial charge in [-0.3, -0.25) is 38.5 Å². The molecule has 72 heavy (non-hydrogen) atoms. The Morgan fingerprint density at radius 2 is 1.40 bits per heavy atom. The van der Waals surface area contributed by atoms with Crippen LogP contribution in [-0.2, 0) is 60.8 Å². The van der Waals surface area contributed by atoms with Crippen molar-refractivity contribution in [2.45, 2.75) is 156 Å². The number of amides is 4. The third-order valence-electron chi connectivity index (χ3n) is 14.8. The smallest absolute Gasteiger partial charge is 0.227 e. The molecule has 4 N–H and O–H groups in total. The zero-order valence-corrected chi connectivity index (χ0v) is 45.8. The highest BCUT2D eigenvalue weighted by Crippen LogP contribution is 2.31. The first-order valence-corrected chi connectivity index (χ1v) is 25.9. The number of anilines is 1. The van der Waals surface area contributed by atoms with E-state index in [-0.39, 0.29) is 97.8 Å². The fourth-order valence-corrected chi connectivity index (χ4v) is 9.47. The molecule has 16 nitrogen and oxygen atoms in total. The Labute approximate surface area is 430 Å². The molecular weight excluding hydrogens is 917 g/mol. The molecule has 16 heteroatoms. The zero-order chi connectivity index (χ0) is 54.0. The lowest BCUT2D eigenvalue weighted by Crippen LogP contribution is -2.55. The maximum absolute atomic E-state index is 14.4. The monoisotopic (exact) mass is 1000 g/mol. The van der Waals surface area contributed by atoms with Crippen LogP contribution in [0.15, 0.2) is 54.6 Å². The van der Waals surface area contributed by atoms with Gasteiger partial charge in [-0.1, -0.05) is 104 Å². The lowest BCUT2D eigenvalue weighted by molar-refractivity contribution is -0.149. The molecule has 1 heterocycles. The van der Waals surface area contributed by atoms with Crippen LogP contribution in [0.3, 0.4) is 0 Å². The molecule has 1 saturated heterocycles. The second-order valence-electron chi connectivity index (χ2n) is 21.0. The quantitative estimate of drug-likeness (QED) is 0.0782. The number of Topliss-reactive ketones (excluding diaryl/α,β-unsaturated/α-hetero) is 3. The molecule has 0 aromatic heterocycles. The summed E-state index contributed by atoms with van der Waals surface area (Å²) in [5, 5.41) is 5.83. The van der Waals surface area contributed by atoms with Crippen LogP contribution < -0.4 is 16.4 Å². The number of carbonyl (C=O) groups is 7. The molecule has 0 bridgehead atoms. The van der Waals surface area contributed by atoms with Crippen LogP contribution in [0.2, 0.25) is 0 Å². The molecular formula is C56H88N6O10. The van der Waals surface area contributed by atoms with E-state index in [4.69, 9.17) is 19.9 Å². The van der Waals surface area contributed by atoms with Crippen LogP contribution in [0.4, 0.5) is 5.69 Å². The van der Waals surface area contributed by atoms with Gasteiger partial charge in [0.05, 0.1) is 61.4 Å². The summed E-state index contributed by atoms with van der Waals surface area (Å²) >= 11 is 0. The topological polar surface area (TPSA) is 207 Å². The van der Waals surface area contributed by atoms with E-state index in [2.05, 4.69) is 10.6 Å². The van der Waals surface area contributed by atoms with Gasteiger partial charge in [-0.25, -0.2) is 0 Å². The number of carbonyl (C=O) groups excluding carboxylic acids is 7. The van der Waals surface area contributed by atoms with Crippen molar-refractivity contribution in [2.24, 2.45) is 41.2 Å². The zero-order valence-electron chi connectivity index (χ0n) is 45.8. The van der Waals surface area contributed by atoms with Crippen LogP contribution in [0.25, 0.3) is 0 Å². The molecule has 1 fully saturated rings. The van der Waals surface area contributed by atoms with E-state index in [0.717, 1.165) is 17.5 Å². The maximum atomic E-state index is 14.4. The highest BCUT2D eigenvalue weighted by molar-refractivity contribution is 5.96. The van der Waals surface area contributed by atoms with E-state index in [1.807, 2.05) is 97.8 Å². The Balaban J connectivity index is 1.71. The number of rotatable bonds is 31. The highest BCUT2D eigenvalue weighted by Gasteiger charge is 2.43. The van der Waals surface area contributed by atoms with Crippen molar-refractivity contribution in [2.75, 3.05) is 53.8 Å². The van der Waals surface area contributed by atoms with Crippen molar-refractivity contribution in [3.8, 4) is 0 Å². The molecule has 1 aliphatic heterocycles. The van der Waals surface area contributed by atoms with E-state index < -0.39 is 60.0 Å². The van der Waals surface area contributed by atoms with E-state index in [1.165, 1.54) is 7.11 Å². The number of ketones is 3. The van der Waals surface area contributed by atoms with Crippen molar-refractivity contribution >= 4 is 46.7 Å². The van der Waals surface area contributed by atoms with Gasteiger partial charge in [0, 0.05) is 58.2 Å². The summed E-state index contributed by atoms with van der Waals surface area (Å²) in [6.45, 7) is 17.3. The van der Waals surface area contributed by atoms with Gasteiger partial charge in [0.1, 0.15) is 12.4 Å². The molecule has 11 atom stereocenters. The Hall–Kier alpha value is -4.87. The van der Waals surface area contributed by atoms with Crippen LogP contribution >= 0.6 is 0 Å². The van der Waals surface area contributed by atoms with Crippen molar-refractivity contribution in [3.63, 3.8) is 0 Å². The van der Waals surface area contributed by atoms with Gasteiger partial charge in [-0.2, -0.15) is 0 Å². The number of likely N-dealkylation sites (tertiary alicyclic amines) is 1. The fourth-order valence-electron chi connectivity index (χ4n) is 9.47. The normalized spacial score (nSPS) is 18.1. The molecule has 4 amide bonds. The first-order chi connectivity index (χ1) is 34.0. The summed E-state index contributed by atoms with van der Waals surface area (Å²) in [5.41, 5.74) is 8.13. The maximum Gasteiger partial charge on any atom is 0.227 e. The second-order valence-corrected chi connectivity index (χ2v) is 21.0. The predicted octanol–water partition coefficient (Wildman–Crippen LogP) is 6.12. The molecule has 2 aromatic carbocycles. The fraction of sp³-hybridized carbons (Fsp3) is 0.661. The molecule has 0 unspecified atom stereocenters. The largest absolute Gasteiger partial charge is 0.379 e. The van der Waals surface area contributed by atoms with Gasteiger partial charge >= 0.3 is 0 Å². The predicted molar refractivity (Wildman–Crippen MR) is 281 cm³/mol. The molecule has 2 aromatic rings. The minimum atomic E-state index is -0.924. The van der Waals surface area contributed by atoms with Gasteiger partial charge in [-0.05, 0) is 81.3 Å². The second kappa shape index (κ2) is 29.7. The number of hydrogen-bond acceptors (Lipinski definition) is 12. The Bertz CT molecular complexity index is 2070. The molecule has 0 aliphatic carbocycles. The van der Waals surface area contributed by atoms with Crippen molar-refractivity contribution in [1.29, 1.82) is 0 Å². The Morgan fingerprint density at radius 1 is 0.764 bits per heavy atom. The number of nitrogens with one attached hydrogen (secondary N) is 2. The van der Waals surface area contributed by atoms with Crippen LogP contribution in [-0.4, -0.2) is 147 Å². The van der Waals surface area contributed by atoms with Crippen molar-refractivity contribution in [1.82, 2.24) is 20.0 Å². The van der Waals surface area contributed by atoms with Crippen LogP contribution in [0, 0.1) is 35.5 Å². The lowest BCUT2D eigenvalue weighted by Gasteiger charge is -2.41. The minimum absolute atomic E-state index is 0.00606. The molecule has 1 aliphatic rings. The van der Waals surface area contributed by atoms with Crippen molar-refractivity contribution in [3.05, 3.63) is 65.7 Å². The van der Waals surface area contributed by atoms with Crippen LogP contribution in [0.5, 0.6) is 0 Å². The van der Waals surface area contributed by atoms with E-state index >= 15 is 0 Å². The molecule has 0 saturated carbocycles. The summed E-state index contributed by atoms with van der Waals surface area (Å²) in [6.07, 6.45) is 1.05. The molecule has 3 rings (SSSR count). The van der Waals surface area contributed by atoms with E-state index in [1.54, 1.807) is 62.1 Å². The summed E-state index contributed by atoms with van der Waals surface area (Å²) in [6, 6.07) is 13.6. The summed E-state index contributed by atoms with van der Waals surface area (Å²) in [5.74, 6) is -3.53. The molecule has 0 spiro atoms. The van der Waals surface area contributed by atoms with E-state index in [0.29, 0.717) is 25.1 Å². The summed E-state index contributed by atoms with van der Waals surface area (Å²) in [4.78, 5) is 101. The summed E-state index contributed by atoms with van der Waals surface area (Å²) < 4.78 is 18.0. The van der Waals surface area contributed by atoms with Crippen LogP contribution in [0.1, 0.15) is 112 Å². The first kappa shape index (κ1) is 61.4. The lowest BCUT2D eigenvalue weighted by atomic mass is 9.85. The number of nitrogens with zero attached hydrogens (tertiary/aromatic N) is 3. The SMILES string of the molecule is CC[C@H](C)[C@@H]([C@@H](CC(=O)N1CCC[C@H]1[C@H](OC)[C@@H](C)C(=O)N[C@@H](Cc1ccccc1)C(=O)COCc1ccc(NC(=O)[C@@H](C)CC(=O)[C@H](N)C(C)C)cc1)OC)N(C)C(=O)[C@@H](CC(=O)[C@H](C)N(C)C)C(C)C. The number of likely N-dealkylation sites (N-methyl/N-ethyl adjacent to an activating group) is 2. The van der Waals surface area contributed by atoms with Gasteiger partial charge in [0.25, 0.3) is 0 Å². The number of benzene rings is 2. The van der Waals surface area contributed by atoms with Gasteiger partial charge in [0.2, 0.25) is 23.6 Å². The highest BCUT2D eigenvalue weighted by atomic mass is 16.5.